The molecule has 0 fully saturated rings. The maximum Gasteiger partial charge on any atom is 0.306 e. The summed E-state index contributed by atoms with van der Waals surface area (Å²) in [6.45, 7) is 4.14. The van der Waals surface area contributed by atoms with E-state index in [9.17, 15) is 19.0 Å². The van der Waals surface area contributed by atoms with Crippen LogP contribution in [0.15, 0.2) is 85.1 Å². The monoisotopic (exact) mass is 1140 g/mol. The van der Waals surface area contributed by atoms with Crippen LogP contribution in [0.4, 0.5) is 0 Å². The summed E-state index contributed by atoms with van der Waals surface area (Å²) >= 11 is 0. The number of carbonyl (C=O) groups is 2. The van der Waals surface area contributed by atoms with Crippen LogP contribution in [0.25, 0.3) is 0 Å². The molecule has 10 heteroatoms. The van der Waals surface area contributed by atoms with Gasteiger partial charge in [0, 0.05) is 12.8 Å². The van der Waals surface area contributed by atoms with Gasteiger partial charge in [-0.05, 0) is 89.9 Å². The second-order valence-electron chi connectivity index (χ2n) is 23.5. The fraction of sp³-hybridized carbons (Fsp3) is 0.771. The Morgan fingerprint density at radius 2 is 0.713 bits per heavy atom. The van der Waals surface area contributed by atoms with Crippen molar-refractivity contribution in [2.24, 2.45) is 0 Å². The van der Waals surface area contributed by atoms with Crippen molar-refractivity contribution in [3.63, 3.8) is 0 Å². The average molecular weight is 1140 g/mol. The van der Waals surface area contributed by atoms with Crippen LogP contribution in [0.2, 0.25) is 0 Å². The molecule has 0 aliphatic heterocycles. The van der Waals surface area contributed by atoms with Gasteiger partial charge in [-0.2, -0.15) is 0 Å². The van der Waals surface area contributed by atoms with Gasteiger partial charge in [-0.15, -0.1) is 0 Å². The predicted octanol–water partition coefficient (Wildman–Crippen LogP) is 20.7. The number of carbonyl (C=O) groups excluding carboxylic acids is 2. The lowest BCUT2D eigenvalue weighted by atomic mass is 10.0. The van der Waals surface area contributed by atoms with Crippen LogP contribution in [0, 0.1) is 0 Å². The Morgan fingerprint density at radius 1 is 0.400 bits per heavy atom. The van der Waals surface area contributed by atoms with Gasteiger partial charge in [-0.3, -0.25) is 14.2 Å². The first kappa shape index (κ1) is 77.2. The van der Waals surface area contributed by atoms with Gasteiger partial charge in [-0.1, -0.05) is 279 Å². The lowest BCUT2D eigenvalue weighted by Gasteiger charge is -2.28. The van der Waals surface area contributed by atoms with Crippen molar-refractivity contribution in [3.8, 4) is 0 Å². The number of esters is 2. The normalized spacial score (nSPS) is 13.7. The van der Waals surface area contributed by atoms with E-state index in [0.29, 0.717) is 17.4 Å². The molecule has 0 amide bonds. The van der Waals surface area contributed by atoms with E-state index >= 15 is 0 Å². The Balaban J connectivity index is 4.04. The highest BCUT2D eigenvalue weighted by atomic mass is 31.2. The summed E-state index contributed by atoms with van der Waals surface area (Å²) in [6.07, 6.45) is 82.2. The van der Waals surface area contributed by atoms with Crippen molar-refractivity contribution in [2.45, 2.75) is 302 Å². The van der Waals surface area contributed by atoms with Crippen LogP contribution in [-0.4, -0.2) is 70.0 Å². The van der Waals surface area contributed by atoms with E-state index < -0.39 is 26.5 Å². The summed E-state index contributed by atoms with van der Waals surface area (Å²) in [5.41, 5.74) is 0. The van der Waals surface area contributed by atoms with Crippen molar-refractivity contribution < 1.29 is 42.1 Å². The van der Waals surface area contributed by atoms with E-state index in [4.69, 9.17) is 18.5 Å². The minimum atomic E-state index is -4.64. The van der Waals surface area contributed by atoms with Crippen LogP contribution in [0.5, 0.6) is 0 Å². The third-order valence-corrected chi connectivity index (χ3v) is 15.4. The molecule has 0 N–H and O–H groups in total. The van der Waals surface area contributed by atoms with Crippen LogP contribution in [0.1, 0.15) is 296 Å². The molecule has 0 saturated carbocycles. The number of likely N-dealkylation sites (N-methyl/N-ethyl adjacent to an activating group) is 1. The third-order valence-electron chi connectivity index (χ3n) is 14.4. The zero-order valence-corrected chi connectivity index (χ0v) is 53.7. The van der Waals surface area contributed by atoms with Crippen molar-refractivity contribution >= 4 is 19.8 Å². The van der Waals surface area contributed by atoms with Crippen LogP contribution in [-0.2, 0) is 32.7 Å². The molecule has 2 atom stereocenters. The number of quaternary nitrogens is 1. The Morgan fingerprint density at radius 3 is 1.06 bits per heavy atom. The summed E-state index contributed by atoms with van der Waals surface area (Å²) < 4.78 is 34.3. The molecular formula is C70H126NO8P. The number of unbranched alkanes of at least 4 members (excludes halogenated alkanes) is 33. The summed E-state index contributed by atoms with van der Waals surface area (Å²) in [4.78, 5) is 38.0. The summed E-state index contributed by atoms with van der Waals surface area (Å²) in [6, 6.07) is 0. The Bertz CT molecular complexity index is 1630. The first-order valence-corrected chi connectivity index (χ1v) is 34.8. The molecule has 0 heterocycles. The van der Waals surface area contributed by atoms with Gasteiger partial charge in [0.1, 0.15) is 19.8 Å². The molecule has 0 bridgehead atoms. The number of allylic oxidation sites excluding steroid dienone is 14. The number of phosphoric ester groups is 1. The average Bonchev–Trinajstić information content (AvgIpc) is 3.42. The molecule has 0 radical (unpaired) electrons. The molecule has 2 unspecified atom stereocenters. The van der Waals surface area contributed by atoms with E-state index in [-0.39, 0.29) is 32.0 Å². The topological polar surface area (TPSA) is 111 Å². The number of rotatable bonds is 61. The molecule has 0 spiro atoms. The molecule has 0 aromatic heterocycles. The maximum atomic E-state index is 12.8. The van der Waals surface area contributed by atoms with Gasteiger partial charge in [0.25, 0.3) is 7.82 Å². The molecule has 0 aliphatic carbocycles. The fourth-order valence-corrected chi connectivity index (χ4v) is 10.0. The van der Waals surface area contributed by atoms with Crippen molar-refractivity contribution in [2.75, 3.05) is 47.5 Å². The molecule has 0 rings (SSSR count). The van der Waals surface area contributed by atoms with Crippen molar-refractivity contribution in [1.82, 2.24) is 0 Å². The number of hydrogen-bond acceptors (Lipinski definition) is 8. The highest BCUT2D eigenvalue weighted by Crippen LogP contribution is 2.38. The van der Waals surface area contributed by atoms with Crippen molar-refractivity contribution in [1.29, 1.82) is 0 Å². The minimum absolute atomic E-state index is 0.0338. The Labute approximate surface area is 494 Å². The minimum Gasteiger partial charge on any atom is -0.756 e. The number of phosphoric acid groups is 1. The van der Waals surface area contributed by atoms with E-state index in [1.165, 1.54) is 180 Å². The summed E-state index contributed by atoms with van der Waals surface area (Å²) in [5.74, 6) is -0.831. The predicted molar refractivity (Wildman–Crippen MR) is 342 cm³/mol. The lowest BCUT2D eigenvalue weighted by Crippen LogP contribution is -2.37. The standard InChI is InChI=1S/C70H126NO8P/c1-6-8-10-12-14-16-18-20-22-24-26-28-30-31-32-33-34-35-36-37-38-39-41-42-44-46-48-50-52-54-56-58-60-62-69(72)76-66-68(67-78-80(74,75)77-65-64-71(3,4)5)79-70(73)63-61-59-57-55-53-51-49-47-45-43-40-29-27-25-23-21-19-17-15-13-11-9-7-2/h9,11,15,17-18,20-21,23-24,26-27,29-31,68H,6-8,10,12-14,16,19,22,25,28,32-67H2,1-5H3/b11-9-,17-15-,20-18-,23-21-,26-24-,29-27-,31-30-. The van der Waals surface area contributed by atoms with E-state index in [1.54, 1.807) is 0 Å². The smallest absolute Gasteiger partial charge is 0.306 e. The molecule has 464 valence electrons. The molecule has 0 aromatic carbocycles. The Hall–Kier alpha value is -2.81. The van der Waals surface area contributed by atoms with Gasteiger partial charge in [0.05, 0.1) is 27.7 Å². The van der Waals surface area contributed by atoms with Crippen LogP contribution in [0.3, 0.4) is 0 Å². The van der Waals surface area contributed by atoms with Crippen molar-refractivity contribution in [3.05, 3.63) is 85.1 Å². The van der Waals surface area contributed by atoms with E-state index in [2.05, 4.69) is 98.9 Å². The van der Waals surface area contributed by atoms with Gasteiger partial charge >= 0.3 is 11.9 Å². The highest BCUT2D eigenvalue weighted by molar-refractivity contribution is 7.45. The Kier molecular flexibility index (Phi) is 58.6. The first-order chi connectivity index (χ1) is 39.0. The number of hydrogen-bond donors (Lipinski definition) is 0. The maximum absolute atomic E-state index is 12.8. The summed E-state index contributed by atoms with van der Waals surface area (Å²) in [7, 11) is 1.16. The van der Waals surface area contributed by atoms with E-state index in [1.807, 2.05) is 21.1 Å². The quantitative estimate of drug-likeness (QED) is 0.0195. The highest BCUT2D eigenvalue weighted by Gasteiger charge is 2.22. The first-order valence-electron chi connectivity index (χ1n) is 33.3. The van der Waals surface area contributed by atoms with Crippen LogP contribution >= 0.6 is 7.82 Å². The SMILES string of the molecule is CC/C=C\C/C=C\C/C=C\C/C=C\CCCCCCCCCCCCC(=O)OC(COC(=O)CCCCCCCCCCCCCCCCCCCC/C=C\C/C=C\C/C=C\CCCCCCC)COP(=O)([O-])OCC[N+](C)(C)C. The molecular weight excluding hydrogens is 1010 g/mol. The fourth-order valence-electron chi connectivity index (χ4n) is 9.30. The van der Waals surface area contributed by atoms with E-state index in [0.717, 1.165) is 83.5 Å². The largest absolute Gasteiger partial charge is 0.756 e. The lowest BCUT2D eigenvalue weighted by molar-refractivity contribution is -0.870. The van der Waals surface area contributed by atoms with Gasteiger partial charge in [0.15, 0.2) is 6.10 Å². The second kappa shape index (κ2) is 60.8. The zero-order chi connectivity index (χ0) is 58.4. The third kappa shape index (κ3) is 64.4. The number of nitrogens with zero attached hydrogens (tertiary/aromatic N) is 1. The molecule has 80 heavy (non-hydrogen) atoms. The van der Waals surface area contributed by atoms with Gasteiger partial charge in [-0.25, -0.2) is 0 Å². The molecule has 0 aliphatic rings. The molecule has 0 aromatic rings. The van der Waals surface area contributed by atoms with Crippen LogP contribution < -0.4 is 4.89 Å². The second-order valence-corrected chi connectivity index (χ2v) is 24.9. The van der Waals surface area contributed by atoms with Gasteiger partial charge in [0.2, 0.25) is 0 Å². The van der Waals surface area contributed by atoms with Gasteiger partial charge < -0.3 is 27.9 Å². The zero-order valence-electron chi connectivity index (χ0n) is 52.8. The summed E-state index contributed by atoms with van der Waals surface area (Å²) in [5, 5.41) is 0. The molecule has 0 saturated heterocycles. The molecule has 9 nitrogen and oxygen atoms in total. The number of ether oxygens (including phenoxy) is 2.